The van der Waals surface area contributed by atoms with Gasteiger partial charge in [0.1, 0.15) is 0 Å². The van der Waals surface area contributed by atoms with Gasteiger partial charge >= 0.3 is 0 Å². The Labute approximate surface area is 221 Å². The Morgan fingerprint density at radius 3 is 1.97 bits per heavy atom. The second kappa shape index (κ2) is 9.72. The second-order valence-electron chi connectivity index (χ2n) is 10.1. The van der Waals surface area contributed by atoms with Crippen molar-refractivity contribution < 1.29 is 0 Å². The molecule has 0 bridgehead atoms. The number of para-hydroxylation sites is 1. The van der Waals surface area contributed by atoms with E-state index in [0.29, 0.717) is 0 Å². The van der Waals surface area contributed by atoms with Crippen LogP contribution < -0.4 is 10.1 Å². The summed E-state index contributed by atoms with van der Waals surface area (Å²) in [5, 5.41) is 6.61. The highest BCUT2D eigenvalue weighted by atomic mass is 28.3. The molecule has 0 atom stereocenters. The maximum absolute atomic E-state index is 2.48. The molecule has 0 amide bonds. The number of hydrogen-bond acceptors (Lipinski definition) is 1. The molecule has 2 heteroatoms. The first-order valence-electron chi connectivity index (χ1n) is 13.1. The topological polar surface area (TPSA) is 3.24 Å². The normalized spacial score (nSPS) is 11.4. The van der Waals surface area contributed by atoms with Crippen LogP contribution in [0, 0.1) is 6.92 Å². The summed E-state index contributed by atoms with van der Waals surface area (Å²) in [5.41, 5.74) is 7.47. The second-order valence-corrected chi connectivity index (χ2v) is 13.0. The Morgan fingerprint density at radius 1 is 0.514 bits per heavy atom. The van der Waals surface area contributed by atoms with Crippen molar-refractivity contribution in [3.8, 4) is 11.1 Å². The van der Waals surface area contributed by atoms with Gasteiger partial charge in [0.15, 0.2) is 0 Å². The summed E-state index contributed by atoms with van der Waals surface area (Å²) >= 11 is 0. The van der Waals surface area contributed by atoms with Crippen molar-refractivity contribution in [1.82, 2.24) is 0 Å². The van der Waals surface area contributed by atoms with Gasteiger partial charge in [0.2, 0.25) is 0 Å². The van der Waals surface area contributed by atoms with Gasteiger partial charge in [-0.25, -0.2) is 0 Å². The molecular formula is C35H31NSi. The van der Waals surface area contributed by atoms with E-state index in [0.717, 1.165) is 0 Å². The van der Waals surface area contributed by atoms with Crippen LogP contribution in [-0.4, -0.2) is 8.80 Å². The van der Waals surface area contributed by atoms with Gasteiger partial charge in [-0.1, -0.05) is 110 Å². The van der Waals surface area contributed by atoms with Crippen LogP contribution in [-0.2, 0) is 0 Å². The molecule has 0 aliphatic heterocycles. The van der Waals surface area contributed by atoms with E-state index in [-0.39, 0.29) is 0 Å². The number of nitrogens with zero attached hydrogens (tertiary/aromatic N) is 1. The summed E-state index contributed by atoms with van der Waals surface area (Å²) in [6.45, 7) is 7.06. The van der Waals surface area contributed by atoms with Gasteiger partial charge in [0.05, 0.1) is 8.80 Å². The van der Waals surface area contributed by atoms with E-state index in [2.05, 4.69) is 152 Å². The van der Waals surface area contributed by atoms with Gasteiger partial charge < -0.3 is 4.90 Å². The molecule has 0 saturated heterocycles. The summed E-state index contributed by atoms with van der Waals surface area (Å²) in [7, 11) is -1.08. The summed E-state index contributed by atoms with van der Waals surface area (Å²) in [6.07, 6.45) is 0. The molecule has 180 valence electrons. The van der Waals surface area contributed by atoms with Crippen LogP contribution in [0.4, 0.5) is 17.1 Å². The fraction of sp³-hybridized carbons (Fsp3) is 0.0857. The van der Waals surface area contributed by atoms with Gasteiger partial charge in [0, 0.05) is 17.1 Å². The van der Waals surface area contributed by atoms with E-state index in [4.69, 9.17) is 0 Å². The molecule has 0 aliphatic rings. The molecule has 0 spiro atoms. The molecule has 6 aromatic rings. The third-order valence-electron chi connectivity index (χ3n) is 7.33. The molecule has 0 unspecified atom stereocenters. The van der Waals surface area contributed by atoms with Gasteiger partial charge in [-0.15, -0.1) is 0 Å². The van der Waals surface area contributed by atoms with Gasteiger partial charge in [-0.3, -0.25) is 0 Å². The molecule has 0 N–H and O–H groups in total. The Morgan fingerprint density at radius 2 is 1.19 bits per heavy atom. The van der Waals surface area contributed by atoms with E-state index in [1.54, 1.807) is 0 Å². The lowest BCUT2D eigenvalue weighted by Crippen LogP contribution is -2.29. The van der Waals surface area contributed by atoms with Gasteiger partial charge in [0.25, 0.3) is 0 Å². The molecule has 6 rings (SSSR count). The summed E-state index contributed by atoms with van der Waals surface area (Å²) in [4.78, 5) is 2.48. The third-order valence-corrected chi connectivity index (χ3v) is 9.07. The van der Waals surface area contributed by atoms with Crippen LogP contribution in [0.3, 0.4) is 0 Å². The average molecular weight is 494 g/mol. The Hall–Kier alpha value is -4.14. The fourth-order valence-corrected chi connectivity index (χ4v) is 6.75. The predicted molar refractivity (Wildman–Crippen MR) is 165 cm³/mol. The molecule has 37 heavy (non-hydrogen) atoms. The number of fused-ring (bicyclic) bond motifs is 3. The Balaban J connectivity index is 1.59. The number of hydrogen-bond donors (Lipinski definition) is 0. The van der Waals surface area contributed by atoms with Crippen molar-refractivity contribution in [3.63, 3.8) is 0 Å². The minimum absolute atomic E-state index is 1.08. The number of anilines is 3. The number of benzene rings is 6. The van der Waals surface area contributed by atoms with Crippen molar-refractivity contribution in [3.05, 3.63) is 133 Å². The lowest BCUT2D eigenvalue weighted by Gasteiger charge is -2.30. The first-order chi connectivity index (χ1) is 18.1. The van der Waals surface area contributed by atoms with Crippen molar-refractivity contribution >= 4 is 52.6 Å². The Kier molecular flexibility index (Phi) is 6.11. The summed E-state index contributed by atoms with van der Waals surface area (Å²) in [6, 6.07) is 46.6. The molecule has 0 aromatic heterocycles. The SMILES string of the molecule is Cc1cc(-c2ccccc2)ccc1N(c1ccc2ccc3ccccc3c2c1)c1ccccc1[SiH](C)C. The zero-order valence-electron chi connectivity index (χ0n) is 21.6. The molecule has 0 fully saturated rings. The van der Waals surface area contributed by atoms with Crippen LogP contribution in [0.25, 0.3) is 32.7 Å². The monoisotopic (exact) mass is 493 g/mol. The van der Waals surface area contributed by atoms with Gasteiger partial charge in [-0.2, -0.15) is 0 Å². The molecule has 0 heterocycles. The van der Waals surface area contributed by atoms with E-state index in [9.17, 15) is 0 Å². The quantitative estimate of drug-likeness (QED) is 0.171. The van der Waals surface area contributed by atoms with Gasteiger partial charge in [-0.05, 0) is 80.7 Å². The smallest absolute Gasteiger partial charge is 0.0674 e. The van der Waals surface area contributed by atoms with Crippen LogP contribution >= 0.6 is 0 Å². The number of aryl methyl sites for hydroxylation is 1. The van der Waals surface area contributed by atoms with E-state index in [1.807, 2.05) is 0 Å². The first-order valence-corrected chi connectivity index (χ1v) is 16.0. The van der Waals surface area contributed by atoms with Crippen LogP contribution in [0.1, 0.15) is 5.56 Å². The van der Waals surface area contributed by atoms with Crippen LogP contribution in [0.15, 0.2) is 127 Å². The largest absolute Gasteiger partial charge is 0.310 e. The van der Waals surface area contributed by atoms with E-state index in [1.165, 1.54) is 60.5 Å². The predicted octanol–water partition coefficient (Wildman–Crippen LogP) is 9.13. The standard InChI is InChI=1S/C35H31NSi/c1-25-23-29(26-11-5-4-6-12-26)20-22-33(25)36(34-15-9-10-16-35(34)37(2)3)30-21-19-28-18-17-27-13-7-8-14-31(27)32(28)24-30/h4-24,37H,1-3H3. The first kappa shape index (κ1) is 23.3. The van der Waals surface area contributed by atoms with E-state index >= 15 is 0 Å². The highest BCUT2D eigenvalue weighted by molar-refractivity contribution is 6.72. The summed E-state index contributed by atoms with van der Waals surface area (Å²) < 4.78 is 0. The summed E-state index contributed by atoms with van der Waals surface area (Å²) in [5.74, 6) is 0. The van der Waals surface area contributed by atoms with E-state index < -0.39 is 8.80 Å². The number of rotatable bonds is 5. The van der Waals surface area contributed by atoms with Crippen molar-refractivity contribution in [2.24, 2.45) is 0 Å². The van der Waals surface area contributed by atoms with Crippen molar-refractivity contribution in [2.75, 3.05) is 4.90 Å². The molecule has 0 aliphatic carbocycles. The molecular weight excluding hydrogens is 462 g/mol. The zero-order chi connectivity index (χ0) is 25.4. The molecule has 0 saturated carbocycles. The molecule has 0 radical (unpaired) electrons. The highest BCUT2D eigenvalue weighted by Gasteiger charge is 2.20. The highest BCUT2D eigenvalue weighted by Crippen LogP contribution is 2.39. The minimum atomic E-state index is -1.08. The minimum Gasteiger partial charge on any atom is -0.310 e. The zero-order valence-corrected chi connectivity index (χ0v) is 22.8. The van der Waals surface area contributed by atoms with Crippen molar-refractivity contribution in [2.45, 2.75) is 20.0 Å². The Bertz CT molecular complexity index is 1720. The fourth-order valence-electron chi connectivity index (χ4n) is 5.43. The molecule has 1 nitrogen and oxygen atoms in total. The lowest BCUT2D eigenvalue weighted by molar-refractivity contribution is 1.26. The van der Waals surface area contributed by atoms with Crippen LogP contribution in [0.5, 0.6) is 0 Å². The van der Waals surface area contributed by atoms with Crippen molar-refractivity contribution in [1.29, 1.82) is 0 Å². The van der Waals surface area contributed by atoms with Crippen LogP contribution in [0.2, 0.25) is 13.1 Å². The average Bonchev–Trinajstić information content (AvgIpc) is 2.94. The third kappa shape index (κ3) is 4.34. The maximum Gasteiger partial charge on any atom is 0.0674 e. The lowest BCUT2D eigenvalue weighted by atomic mass is 9.99. The molecule has 6 aromatic carbocycles. The maximum atomic E-state index is 2.48.